The molecule has 23 heavy (non-hydrogen) atoms. The molecule has 0 N–H and O–H groups in total. The first-order valence-electron chi connectivity index (χ1n) is 8.78. The fraction of sp³-hybridized carbons (Fsp3) is 0.750. The van der Waals surface area contributed by atoms with Gasteiger partial charge in [0.1, 0.15) is 12.4 Å². The minimum atomic E-state index is 0. The molecule has 2 nitrogen and oxygen atoms in total. The molecule has 0 spiro atoms. The largest absolute Gasteiger partial charge is 0.490 e. The van der Waals surface area contributed by atoms with Crippen LogP contribution in [0.4, 0.5) is 0 Å². The molecule has 0 radical (unpaired) electrons. The van der Waals surface area contributed by atoms with Gasteiger partial charge >= 0.3 is 0 Å². The summed E-state index contributed by atoms with van der Waals surface area (Å²) >= 11 is 0. The van der Waals surface area contributed by atoms with Crippen LogP contribution in [0.3, 0.4) is 0 Å². The van der Waals surface area contributed by atoms with Crippen LogP contribution >= 0.6 is 0 Å². The average molecular weight is 541 g/mol. The third-order valence-electron chi connectivity index (χ3n) is 6.86. The summed E-state index contributed by atoms with van der Waals surface area (Å²) in [4.78, 5) is 0. The summed E-state index contributed by atoms with van der Waals surface area (Å²) in [5.74, 6) is 4.32. The fourth-order valence-electron chi connectivity index (χ4n) is 5.72. The molecule has 128 valence electrons. The van der Waals surface area contributed by atoms with Gasteiger partial charge in [0, 0.05) is 36.7 Å². The summed E-state index contributed by atoms with van der Waals surface area (Å²) in [6.07, 6.45) is 10.5. The van der Waals surface area contributed by atoms with Crippen LogP contribution in [-0.4, -0.2) is 18.3 Å². The van der Waals surface area contributed by atoms with Crippen molar-refractivity contribution in [3.05, 3.63) is 31.4 Å². The fourth-order valence-corrected chi connectivity index (χ4v) is 5.72. The van der Waals surface area contributed by atoms with Gasteiger partial charge < -0.3 is 16.9 Å². The van der Waals surface area contributed by atoms with Crippen molar-refractivity contribution in [3.63, 3.8) is 0 Å². The molecule has 0 amide bonds. The second kappa shape index (κ2) is 7.27. The van der Waals surface area contributed by atoms with Crippen LogP contribution in [0.15, 0.2) is 24.0 Å². The van der Waals surface area contributed by atoms with Crippen LogP contribution in [0.25, 0.3) is 0 Å². The van der Waals surface area contributed by atoms with E-state index < -0.39 is 0 Å². The van der Waals surface area contributed by atoms with Crippen LogP contribution in [0, 0.1) is 62.2 Å². The van der Waals surface area contributed by atoms with Gasteiger partial charge in [-0.1, -0.05) is 26.3 Å². The Labute approximate surface area is 165 Å². The summed E-state index contributed by atoms with van der Waals surface area (Å²) < 4.78 is 12.1. The van der Waals surface area contributed by atoms with Crippen molar-refractivity contribution in [3.8, 4) is 0 Å². The molecule has 3 fully saturated rings. The van der Waals surface area contributed by atoms with Gasteiger partial charge in [0.05, 0.1) is 11.7 Å². The molecule has 0 aromatic rings. The van der Waals surface area contributed by atoms with Crippen molar-refractivity contribution < 1.29 is 40.6 Å². The average Bonchev–Trinajstić information content (AvgIpc) is 3.02. The van der Waals surface area contributed by atoms with Crippen LogP contribution in [-0.2, 0) is 9.47 Å². The molecular formula is C20H31O2U-. The molecule has 2 saturated carbocycles. The molecule has 0 aromatic heterocycles. The molecule has 2 aliphatic carbocycles. The second-order valence-corrected chi connectivity index (χ2v) is 7.93. The smallest absolute Gasteiger partial charge is 0.118 e. The molecule has 3 heteroatoms. The third kappa shape index (κ3) is 3.23. The van der Waals surface area contributed by atoms with E-state index in [1.54, 1.807) is 0 Å². The van der Waals surface area contributed by atoms with Crippen molar-refractivity contribution in [2.45, 2.75) is 64.1 Å². The quantitative estimate of drug-likeness (QED) is 0.439. The van der Waals surface area contributed by atoms with E-state index in [1.165, 1.54) is 44.1 Å². The SMILES string of the molecule is C=C1OCC=C1C1CC2C3CCCC(C)C3CCC2(C)O1.[CH3-].[U]. The standard InChI is InChI=1S/C19H28O2.CH3.U/c1-12-5-4-6-16-14(12)7-9-19(3)17(16)11-18(21-19)15-8-10-20-13(15)2;;/h8,12,14,16-18H,2,4-7,9-11H2,1,3H3;1H3;/q;-1;. The Morgan fingerprint density at radius 3 is 2.70 bits per heavy atom. The molecule has 2 heterocycles. The van der Waals surface area contributed by atoms with Gasteiger partial charge in [-0.3, -0.25) is 0 Å². The van der Waals surface area contributed by atoms with E-state index in [9.17, 15) is 0 Å². The monoisotopic (exact) mass is 541 g/mol. The Morgan fingerprint density at radius 1 is 1.22 bits per heavy atom. The molecule has 0 aromatic carbocycles. The molecule has 1 saturated heterocycles. The summed E-state index contributed by atoms with van der Waals surface area (Å²) in [7, 11) is 0. The van der Waals surface area contributed by atoms with E-state index in [2.05, 4.69) is 26.5 Å². The zero-order valence-corrected chi connectivity index (χ0v) is 19.1. The Bertz CT molecular complexity index is 486. The first-order chi connectivity index (χ1) is 10.1. The Kier molecular flexibility index (Phi) is 6.20. The van der Waals surface area contributed by atoms with E-state index in [4.69, 9.17) is 9.47 Å². The summed E-state index contributed by atoms with van der Waals surface area (Å²) in [5.41, 5.74) is 1.32. The maximum absolute atomic E-state index is 6.58. The molecule has 4 rings (SSSR count). The van der Waals surface area contributed by atoms with Gasteiger partial charge in [-0.05, 0) is 62.4 Å². The van der Waals surface area contributed by atoms with Crippen LogP contribution < -0.4 is 0 Å². The van der Waals surface area contributed by atoms with E-state index >= 15 is 0 Å². The summed E-state index contributed by atoms with van der Waals surface area (Å²) in [6.45, 7) is 9.56. The van der Waals surface area contributed by atoms with Crippen molar-refractivity contribution >= 4 is 0 Å². The van der Waals surface area contributed by atoms with Gasteiger partial charge in [0.25, 0.3) is 0 Å². The number of fused-ring (bicyclic) bond motifs is 3. The Morgan fingerprint density at radius 2 is 2.00 bits per heavy atom. The van der Waals surface area contributed by atoms with E-state index in [0.29, 0.717) is 6.61 Å². The molecule has 0 bridgehead atoms. The van der Waals surface area contributed by atoms with Gasteiger partial charge in [-0.25, -0.2) is 0 Å². The Hall–Kier alpha value is 0.292. The zero-order chi connectivity index (χ0) is 14.6. The molecule has 6 unspecified atom stereocenters. The maximum Gasteiger partial charge on any atom is 0.118 e. The van der Waals surface area contributed by atoms with E-state index in [0.717, 1.165) is 29.4 Å². The molecule has 6 atom stereocenters. The second-order valence-electron chi connectivity index (χ2n) is 7.93. The van der Waals surface area contributed by atoms with Crippen molar-refractivity contribution in [2.24, 2.45) is 23.7 Å². The Balaban J connectivity index is 0.000000960. The maximum atomic E-state index is 6.58. The molecule has 4 aliphatic rings. The number of hydrogen-bond acceptors (Lipinski definition) is 2. The first-order valence-corrected chi connectivity index (χ1v) is 8.78. The van der Waals surface area contributed by atoms with E-state index in [-0.39, 0.29) is 50.2 Å². The van der Waals surface area contributed by atoms with Crippen molar-refractivity contribution in [1.82, 2.24) is 0 Å². The molecule has 2 aliphatic heterocycles. The predicted molar refractivity (Wildman–Crippen MR) is 90.2 cm³/mol. The normalized spacial score (nSPS) is 45.0. The number of hydrogen-bond donors (Lipinski definition) is 0. The van der Waals surface area contributed by atoms with E-state index in [1.807, 2.05) is 0 Å². The van der Waals surface area contributed by atoms with Gasteiger partial charge in [0.2, 0.25) is 0 Å². The zero-order valence-electron chi connectivity index (χ0n) is 14.9. The van der Waals surface area contributed by atoms with Crippen molar-refractivity contribution in [1.29, 1.82) is 0 Å². The summed E-state index contributed by atoms with van der Waals surface area (Å²) in [6, 6.07) is 0. The minimum absolute atomic E-state index is 0. The number of ether oxygens (including phenoxy) is 2. The van der Waals surface area contributed by atoms with Crippen LogP contribution in [0.1, 0.15) is 52.4 Å². The first kappa shape index (κ1) is 19.6. The van der Waals surface area contributed by atoms with Crippen molar-refractivity contribution in [2.75, 3.05) is 6.61 Å². The van der Waals surface area contributed by atoms with Gasteiger partial charge in [-0.2, -0.15) is 0 Å². The molecular weight excluding hydrogens is 510 g/mol. The van der Waals surface area contributed by atoms with Gasteiger partial charge in [0.15, 0.2) is 0 Å². The van der Waals surface area contributed by atoms with Crippen LogP contribution in [0.5, 0.6) is 0 Å². The summed E-state index contributed by atoms with van der Waals surface area (Å²) in [5, 5.41) is 0. The minimum Gasteiger partial charge on any atom is -0.490 e. The van der Waals surface area contributed by atoms with Gasteiger partial charge in [-0.15, -0.1) is 0 Å². The third-order valence-corrected chi connectivity index (χ3v) is 6.86. The predicted octanol–water partition coefficient (Wildman–Crippen LogP) is 4.92. The van der Waals surface area contributed by atoms with Crippen LogP contribution in [0.2, 0.25) is 0 Å². The topological polar surface area (TPSA) is 18.5 Å². The number of rotatable bonds is 1.